The van der Waals surface area contributed by atoms with E-state index in [0.717, 1.165) is 21.5 Å². The first-order valence-corrected chi connectivity index (χ1v) is 7.87. The van der Waals surface area contributed by atoms with Gasteiger partial charge in [0.05, 0.1) is 11.9 Å². The van der Waals surface area contributed by atoms with Gasteiger partial charge in [0.25, 0.3) is 0 Å². The van der Waals surface area contributed by atoms with Gasteiger partial charge in [-0.25, -0.2) is 0 Å². The lowest BCUT2D eigenvalue weighted by Crippen LogP contribution is -2.05. The predicted octanol–water partition coefficient (Wildman–Crippen LogP) is 3.57. The van der Waals surface area contributed by atoms with Gasteiger partial charge in [0.15, 0.2) is 0 Å². The molecule has 0 atom stereocenters. The van der Waals surface area contributed by atoms with Crippen LogP contribution >= 0.6 is 27.7 Å². The Balaban J connectivity index is 1.86. The minimum absolute atomic E-state index is 0.219. The summed E-state index contributed by atoms with van der Waals surface area (Å²) >= 11 is 5.04. The van der Waals surface area contributed by atoms with E-state index in [1.54, 1.807) is 18.0 Å². The lowest BCUT2D eigenvalue weighted by atomic mass is 10.2. The van der Waals surface area contributed by atoms with Crippen LogP contribution in [0.5, 0.6) is 0 Å². The number of carbonyl (C=O) groups excluding carboxylic acids is 1. The van der Waals surface area contributed by atoms with Crippen molar-refractivity contribution in [3.05, 3.63) is 46.7 Å². The number of Topliss-reactive ketones (excluding diaryl/α,β-unsaturated/α-hetero) is 1. The Kier molecular flexibility index (Phi) is 5.22. The Morgan fingerprint density at radius 1 is 1.42 bits per heavy atom. The first-order valence-electron chi connectivity index (χ1n) is 6.09. The molecule has 1 heterocycles. The zero-order valence-electron chi connectivity index (χ0n) is 10.7. The summed E-state index contributed by atoms with van der Waals surface area (Å²) in [7, 11) is 0. The fourth-order valence-corrected chi connectivity index (χ4v) is 3.10. The molecule has 3 nitrogen and oxygen atoms in total. The van der Waals surface area contributed by atoms with E-state index in [-0.39, 0.29) is 5.78 Å². The number of aromatic nitrogens is 2. The fourth-order valence-electron chi connectivity index (χ4n) is 1.67. The van der Waals surface area contributed by atoms with Gasteiger partial charge >= 0.3 is 0 Å². The molecule has 19 heavy (non-hydrogen) atoms. The van der Waals surface area contributed by atoms with Gasteiger partial charge in [-0.1, -0.05) is 12.1 Å². The van der Waals surface area contributed by atoms with Crippen LogP contribution in [0, 0.1) is 0 Å². The minimum Gasteiger partial charge on any atom is -0.298 e. The van der Waals surface area contributed by atoms with Crippen molar-refractivity contribution in [1.29, 1.82) is 0 Å². The monoisotopic (exact) mass is 338 g/mol. The molecule has 0 unspecified atom stereocenters. The number of halogens is 1. The second-order valence-electron chi connectivity index (χ2n) is 4.14. The van der Waals surface area contributed by atoms with Crippen molar-refractivity contribution in [3.63, 3.8) is 0 Å². The minimum atomic E-state index is 0.219. The van der Waals surface area contributed by atoms with Crippen LogP contribution in [-0.4, -0.2) is 21.3 Å². The van der Waals surface area contributed by atoms with E-state index in [0.29, 0.717) is 12.2 Å². The normalized spacial score (nSPS) is 10.6. The maximum atomic E-state index is 11.9. The van der Waals surface area contributed by atoms with Crippen molar-refractivity contribution in [2.24, 2.45) is 0 Å². The van der Waals surface area contributed by atoms with Gasteiger partial charge in [-0.15, -0.1) is 11.8 Å². The third-order valence-electron chi connectivity index (χ3n) is 2.64. The maximum absolute atomic E-state index is 11.9. The van der Waals surface area contributed by atoms with E-state index < -0.39 is 0 Å². The Bertz CT molecular complexity index is 568. The molecule has 0 saturated heterocycles. The molecule has 100 valence electrons. The number of benzene rings is 1. The standard InChI is InChI=1S/C14H15BrN2OS/c1-2-17-9-11(8-16-17)7-12(18)10-19-14-6-4-3-5-13(14)15/h3-6,8-9H,2,7,10H2,1H3. The summed E-state index contributed by atoms with van der Waals surface area (Å²) in [5.41, 5.74) is 0.986. The van der Waals surface area contributed by atoms with Crippen molar-refractivity contribution in [2.75, 3.05) is 5.75 Å². The summed E-state index contributed by atoms with van der Waals surface area (Å²) in [4.78, 5) is 13.0. The van der Waals surface area contributed by atoms with Crippen LogP contribution in [0.4, 0.5) is 0 Å². The van der Waals surface area contributed by atoms with Crippen molar-refractivity contribution >= 4 is 33.5 Å². The van der Waals surface area contributed by atoms with Gasteiger partial charge in [0, 0.05) is 28.5 Å². The molecule has 0 radical (unpaired) electrons. The molecule has 1 aromatic heterocycles. The van der Waals surface area contributed by atoms with Crippen LogP contribution in [0.1, 0.15) is 12.5 Å². The van der Waals surface area contributed by atoms with Crippen LogP contribution in [0.25, 0.3) is 0 Å². The molecule has 0 aliphatic heterocycles. The first-order chi connectivity index (χ1) is 9.19. The molecule has 0 aliphatic carbocycles. The lowest BCUT2D eigenvalue weighted by Gasteiger charge is -2.02. The Hall–Kier alpha value is -1.07. The number of nitrogens with zero attached hydrogens (tertiary/aromatic N) is 2. The maximum Gasteiger partial charge on any atom is 0.147 e. The first kappa shape index (κ1) is 14.3. The molecule has 0 spiro atoms. The number of carbonyl (C=O) groups is 1. The summed E-state index contributed by atoms with van der Waals surface area (Å²) in [6, 6.07) is 7.94. The number of ketones is 1. The summed E-state index contributed by atoms with van der Waals surface area (Å²) < 4.78 is 2.87. The Labute approximate surface area is 125 Å². The van der Waals surface area contributed by atoms with Gasteiger partial charge in [-0.05, 0) is 40.5 Å². The van der Waals surface area contributed by atoms with Crippen molar-refractivity contribution in [3.8, 4) is 0 Å². The SMILES string of the molecule is CCn1cc(CC(=O)CSc2ccccc2Br)cn1. The molecular weight excluding hydrogens is 324 g/mol. The zero-order chi connectivity index (χ0) is 13.7. The molecule has 0 saturated carbocycles. The molecule has 0 amide bonds. The van der Waals surface area contributed by atoms with E-state index in [9.17, 15) is 4.79 Å². The highest BCUT2D eigenvalue weighted by Gasteiger charge is 2.08. The molecule has 5 heteroatoms. The number of hydrogen-bond acceptors (Lipinski definition) is 3. The van der Waals surface area contributed by atoms with Crippen LogP contribution in [0.3, 0.4) is 0 Å². The topological polar surface area (TPSA) is 34.9 Å². The van der Waals surface area contributed by atoms with Gasteiger partial charge in [0.1, 0.15) is 5.78 Å². The van der Waals surface area contributed by atoms with E-state index in [1.165, 1.54) is 0 Å². The summed E-state index contributed by atoms with van der Waals surface area (Å²) in [5.74, 6) is 0.705. The lowest BCUT2D eigenvalue weighted by molar-refractivity contribution is -0.116. The third-order valence-corrected chi connectivity index (χ3v) is 4.72. The third kappa shape index (κ3) is 4.21. The van der Waals surface area contributed by atoms with Gasteiger partial charge in [0.2, 0.25) is 0 Å². The van der Waals surface area contributed by atoms with Crippen LogP contribution in [-0.2, 0) is 17.8 Å². The van der Waals surface area contributed by atoms with Crippen LogP contribution in [0.15, 0.2) is 46.0 Å². The van der Waals surface area contributed by atoms with Crippen molar-refractivity contribution in [1.82, 2.24) is 9.78 Å². The Morgan fingerprint density at radius 3 is 2.89 bits per heavy atom. The zero-order valence-corrected chi connectivity index (χ0v) is 13.1. The highest BCUT2D eigenvalue weighted by Crippen LogP contribution is 2.27. The highest BCUT2D eigenvalue weighted by atomic mass is 79.9. The Morgan fingerprint density at radius 2 is 2.21 bits per heavy atom. The van der Waals surface area contributed by atoms with Gasteiger partial charge in [-0.2, -0.15) is 5.10 Å². The highest BCUT2D eigenvalue weighted by molar-refractivity contribution is 9.10. The molecule has 1 aromatic carbocycles. The number of hydrogen-bond donors (Lipinski definition) is 0. The van der Waals surface area contributed by atoms with E-state index >= 15 is 0 Å². The molecular formula is C14H15BrN2OS. The van der Waals surface area contributed by atoms with Crippen molar-refractivity contribution in [2.45, 2.75) is 24.8 Å². The van der Waals surface area contributed by atoms with Crippen LogP contribution < -0.4 is 0 Å². The second kappa shape index (κ2) is 6.91. The molecule has 0 bridgehead atoms. The summed E-state index contributed by atoms with van der Waals surface area (Å²) in [6.45, 7) is 2.86. The summed E-state index contributed by atoms with van der Waals surface area (Å²) in [5, 5.41) is 4.17. The summed E-state index contributed by atoms with van der Waals surface area (Å²) in [6.07, 6.45) is 4.16. The number of thioether (sulfide) groups is 1. The molecule has 0 fully saturated rings. The van der Waals surface area contributed by atoms with E-state index in [1.807, 2.05) is 42.1 Å². The van der Waals surface area contributed by atoms with Crippen molar-refractivity contribution < 1.29 is 4.79 Å². The van der Waals surface area contributed by atoms with Gasteiger partial charge in [-0.3, -0.25) is 9.48 Å². The smallest absolute Gasteiger partial charge is 0.147 e. The quantitative estimate of drug-likeness (QED) is 0.755. The van der Waals surface area contributed by atoms with E-state index in [2.05, 4.69) is 21.0 Å². The molecule has 2 aromatic rings. The second-order valence-corrected chi connectivity index (χ2v) is 6.01. The van der Waals surface area contributed by atoms with Crippen LogP contribution in [0.2, 0.25) is 0 Å². The average Bonchev–Trinajstić information content (AvgIpc) is 2.85. The number of rotatable bonds is 6. The van der Waals surface area contributed by atoms with E-state index in [4.69, 9.17) is 0 Å². The fraction of sp³-hybridized carbons (Fsp3) is 0.286. The largest absolute Gasteiger partial charge is 0.298 e. The molecule has 0 N–H and O–H groups in total. The molecule has 2 rings (SSSR count). The molecule has 0 aliphatic rings. The van der Waals surface area contributed by atoms with Gasteiger partial charge < -0.3 is 0 Å². The predicted molar refractivity (Wildman–Crippen MR) is 81.5 cm³/mol. The number of aryl methyl sites for hydroxylation is 1. The average molecular weight is 339 g/mol.